The molecule has 0 radical (unpaired) electrons. The maximum atomic E-state index is 12.4. The van der Waals surface area contributed by atoms with E-state index in [1.54, 1.807) is 62.6 Å². The van der Waals surface area contributed by atoms with Crippen molar-refractivity contribution in [2.75, 3.05) is 14.1 Å². The molecule has 0 unspecified atom stereocenters. The fraction of sp³-hybridized carbons (Fsp3) is 0.250. The van der Waals surface area contributed by atoms with Crippen LogP contribution in [-0.2, 0) is 17.9 Å². The molecule has 0 bridgehead atoms. The molecule has 8 heteroatoms. The molecule has 1 N–H and O–H groups in total. The maximum absolute atomic E-state index is 12.4. The van der Waals surface area contributed by atoms with E-state index in [4.69, 9.17) is 0 Å². The molecule has 0 fully saturated rings. The highest BCUT2D eigenvalue weighted by atomic mass is 16.2. The number of amides is 2. The van der Waals surface area contributed by atoms with Crippen molar-refractivity contribution in [1.82, 2.24) is 25.2 Å². The van der Waals surface area contributed by atoms with Crippen LogP contribution in [0.1, 0.15) is 22.3 Å². The standard InChI is InChI=1S/C20H21N5O3/c1-24(2)19(27)15-9-7-14(8-10-15)13-21-18(26)11-12-25-20(28)16-5-3-4-6-17(16)22-23-25/h3-10H,11-13H2,1-2H3,(H,21,26). The minimum Gasteiger partial charge on any atom is -0.352 e. The lowest BCUT2D eigenvalue weighted by atomic mass is 10.1. The first-order chi connectivity index (χ1) is 13.5. The molecule has 3 aromatic rings. The molecule has 0 aliphatic rings. The van der Waals surface area contributed by atoms with E-state index in [1.165, 1.54) is 9.58 Å². The summed E-state index contributed by atoms with van der Waals surface area (Å²) in [6, 6.07) is 14.0. The first-order valence-corrected chi connectivity index (χ1v) is 8.85. The van der Waals surface area contributed by atoms with Gasteiger partial charge in [0, 0.05) is 32.6 Å². The summed E-state index contributed by atoms with van der Waals surface area (Å²) in [7, 11) is 3.39. The van der Waals surface area contributed by atoms with Crippen LogP contribution in [0.4, 0.5) is 0 Å². The summed E-state index contributed by atoms with van der Waals surface area (Å²) < 4.78 is 1.20. The fourth-order valence-corrected chi connectivity index (χ4v) is 2.69. The van der Waals surface area contributed by atoms with Crippen molar-refractivity contribution in [2.24, 2.45) is 0 Å². The monoisotopic (exact) mass is 379 g/mol. The number of benzene rings is 2. The summed E-state index contributed by atoms with van der Waals surface area (Å²) >= 11 is 0. The van der Waals surface area contributed by atoms with Crippen molar-refractivity contribution in [3.8, 4) is 0 Å². The predicted octanol–water partition coefficient (Wildman–Crippen LogP) is 1.20. The van der Waals surface area contributed by atoms with Crippen LogP contribution in [-0.4, -0.2) is 45.8 Å². The van der Waals surface area contributed by atoms with Crippen LogP contribution in [0.25, 0.3) is 10.9 Å². The summed E-state index contributed by atoms with van der Waals surface area (Å²) in [5.41, 5.74) is 1.74. The number of fused-ring (bicyclic) bond motifs is 1. The van der Waals surface area contributed by atoms with Gasteiger partial charge in [0.15, 0.2) is 0 Å². The molecule has 1 heterocycles. The summed E-state index contributed by atoms with van der Waals surface area (Å²) in [6.07, 6.45) is 0.115. The van der Waals surface area contributed by atoms with Crippen LogP contribution in [0.2, 0.25) is 0 Å². The van der Waals surface area contributed by atoms with Gasteiger partial charge in [-0.2, -0.15) is 0 Å². The molecule has 28 heavy (non-hydrogen) atoms. The highest BCUT2D eigenvalue weighted by molar-refractivity contribution is 5.93. The zero-order valence-electron chi connectivity index (χ0n) is 15.8. The third-order valence-electron chi connectivity index (χ3n) is 4.28. The normalized spacial score (nSPS) is 10.6. The number of rotatable bonds is 6. The summed E-state index contributed by atoms with van der Waals surface area (Å²) in [5.74, 6) is -0.271. The SMILES string of the molecule is CN(C)C(=O)c1ccc(CNC(=O)CCn2nnc3ccccc3c2=O)cc1. The Balaban J connectivity index is 1.54. The molecule has 3 rings (SSSR count). The maximum Gasteiger partial charge on any atom is 0.277 e. The number of aromatic nitrogens is 3. The average Bonchev–Trinajstić information content (AvgIpc) is 2.71. The third-order valence-corrected chi connectivity index (χ3v) is 4.28. The molecule has 0 aliphatic carbocycles. The van der Waals surface area contributed by atoms with Gasteiger partial charge < -0.3 is 10.2 Å². The van der Waals surface area contributed by atoms with Gasteiger partial charge >= 0.3 is 0 Å². The Bertz CT molecular complexity index is 1060. The Labute approximate surface area is 161 Å². The van der Waals surface area contributed by atoms with E-state index in [0.717, 1.165) is 5.56 Å². The van der Waals surface area contributed by atoms with Gasteiger partial charge in [-0.15, -0.1) is 5.10 Å². The quantitative estimate of drug-likeness (QED) is 0.694. The number of nitrogens with one attached hydrogen (secondary N) is 1. The molecule has 2 aromatic carbocycles. The van der Waals surface area contributed by atoms with Crippen molar-refractivity contribution < 1.29 is 9.59 Å². The third kappa shape index (κ3) is 4.40. The molecular weight excluding hydrogens is 358 g/mol. The molecule has 8 nitrogen and oxygen atoms in total. The highest BCUT2D eigenvalue weighted by Crippen LogP contribution is 2.07. The van der Waals surface area contributed by atoms with E-state index in [1.807, 2.05) is 0 Å². The van der Waals surface area contributed by atoms with E-state index < -0.39 is 0 Å². The first kappa shape index (κ1) is 19.2. The summed E-state index contributed by atoms with van der Waals surface area (Å²) in [5, 5.41) is 11.2. The van der Waals surface area contributed by atoms with Crippen LogP contribution in [0, 0.1) is 0 Å². The van der Waals surface area contributed by atoms with Crippen LogP contribution in [0.3, 0.4) is 0 Å². The van der Waals surface area contributed by atoms with Crippen LogP contribution >= 0.6 is 0 Å². The lowest BCUT2D eigenvalue weighted by molar-refractivity contribution is -0.121. The second-order valence-electron chi connectivity index (χ2n) is 6.56. The molecule has 2 amide bonds. The number of hydrogen-bond donors (Lipinski definition) is 1. The number of carbonyl (C=O) groups is 2. The van der Waals surface area contributed by atoms with Crippen molar-refractivity contribution in [3.63, 3.8) is 0 Å². The Morgan fingerprint density at radius 1 is 1.07 bits per heavy atom. The molecule has 0 saturated carbocycles. The van der Waals surface area contributed by atoms with Gasteiger partial charge in [0.25, 0.3) is 11.5 Å². The minimum atomic E-state index is -0.264. The molecule has 0 saturated heterocycles. The van der Waals surface area contributed by atoms with Crippen molar-refractivity contribution in [3.05, 3.63) is 70.0 Å². The number of carbonyl (C=O) groups excluding carboxylic acids is 2. The predicted molar refractivity (Wildman–Crippen MR) is 105 cm³/mol. The molecule has 1 aromatic heterocycles. The second-order valence-corrected chi connectivity index (χ2v) is 6.56. The van der Waals surface area contributed by atoms with E-state index >= 15 is 0 Å². The van der Waals surface area contributed by atoms with E-state index in [9.17, 15) is 14.4 Å². The lowest BCUT2D eigenvalue weighted by Gasteiger charge is -2.11. The zero-order valence-corrected chi connectivity index (χ0v) is 15.8. The van der Waals surface area contributed by atoms with Gasteiger partial charge in [0.1, 0.15) is 5.52 Å². The van der Waals surface area contributed by atoms with Crippen molar-refractivity contribution >= 4 is 22.7 Å². The van der Waals surface area contributed by atoms with Gasteiger partial charge in [0.05, 0.1) is 11.9 Å². The van der Waals surface area contributed by atoms with E-state index in [-0.39, 0.29) is 30.3 Å². The first-order valence-electron chi connectivity index (χ1n) is 8.85. The molecular formula is C20H21N5O3. The highest BCUT2D eigenvalue weighted by Gasteiger charge is 2.09. The van der Waals surface area contributed by atoms with Crippen LogP contribution in [0.15, 0.2) is 53.3 Å². The average molecular weight is 379 g/mol. The zero-order chi connectivity index (χ0) is 20.1. The molecule has 0 aliphatic heterocycles. The minimum absolute atomic E-state index is 0.0717. The van der Waals surface area contributed by atoms with Crippen LogP contribution in [0.5, 0.6) is 0 Å². The molecule has 144 valence electrons. The fourth-order valence-electron chi connectivity index (χ4n) is 2.69. The number of hydrogen-bond acceptors (Lipinski definition) is 5. The Morgan fingerprint density at radius 3 is 2.50 bits per heavy atom. The van der Waals surface area contributed by atoms with Crippen LogP contribution < -0.4 is 10.9 Å². The summed E-state index contributed by atoms with van der Waals surface area (Å²) in [4.78, 5) is 37.8. The van der Waals surface area contributed by atoms with Gasteiger partial charge in [0.2, 0.25) is 5.91 Å². The topological polar surface area (TPSA) is 97.2 Å². The van der Waals surface area contributed by atoms with Gasteiger partial charge in [-0.1, -0.05) is 29.5 Å². The van der Waals surface area contributed by atoms with Gasteiger partial charge in [-0.25, -0.2) is 4.68 Å². The molecule has 0 spiro atoms. The smallest absolute Gasteiger partial charge is 0.277 e. The molecule has 0 atom stereocenters. The number of aryl methyl sites for hydroxylation is 1. The van der Waals surface area contributed by atoms with E-state index in [2.05, 4.69) is 15.6 Å². The van der Waals surface area contributed by atoms with Gasteiger partial charge in [-0.05, 0) is 29.8 Å². The van der Waals surface area contributed by atoms with Crippen molar-refractivity contribution in [2.45, 2.75) is 19.5 Å². The summed E-state index contributed by atoms with van der Waals surface area (Å²) in [6.45, 7) is 0.492. The number of nitrogens with zero attached hydrogens (tertiary/aromatic N) is 4. The Morgan fingerprint density at radius 2 is 1.79 bits per heavy atom. The lowest BCUT2D eigenvalue weighted by Crippen LogP contribution is -2.29. The van der Waals surface area contributed by atoms with E-state index in [0.29, 0.717) is 23.0 Å². The van der Waals surface area contributed by atoms with Crippen molar-refractivity contribution in [1.29, 1.82) is 0 Å². The Kier molecular flexibility index (Phi) is 5.78. The van der Waals surface area contributed by atoms with Gasteiger partial charge in [-0.3, -0.25) is 14.4 Å². The Hall–Kier alpha value is -3.55. The largest absolute Gasteiger partial charge is 0.352 e. The second kappa shape index (κ2) is 8.43.